The molecule has 0 saturated heterocycles. The zero-order valence-electron chi connectivity index (χ0n) is 19.7. The second-order valence-electron chi connectivity index (χ2n) is 8.45. The second kappa shape index (κ2) is 9.10. The Bertz CT molecular complexity index is 1500. The number of imidazole rings is 1. The topological polar surface area (TPSA) is 113 Å². The molecule has 36 heavy (non-hydrogen) atoms. The predicted molar refractivity (Wildman–Crippen MR) is 132 cm³/mol. The van der Waals surface area contributed by atoms with Crippen molar-refractivity contribution in [3.05, 3.63) is 100 Å². The summed E-state index contributed by atoms with van der Waals surface area (Å²) in [4.78, 5) is 55.9. The first-order valence-corrected chi connectivity index (χ1v) is 11.5. The molecule has 0 unspecified atom stereocenters. The van der Waals surface area contributed by atoms with E-state index in [0.717, 1.165) is 17.9 Å². The van der Waals surface area contributed by atoms with Crippen LogP contribution in [0.25, 0.3) is 11.0 Å². The van der Waals surface area contributed by atoms with E-state index >= 15 is 0 Å². The molecule has 1 aliphatic rings. The molecule has 2 N–H and O–H groups in total. The lowest BCUT2D eigenvalue weighted by Crippen LogP contribution is -2.41. The van der Waals surface area contributed by atoms with Crippen molar-refractivity contribution >= 4 is 34.7 Å². The zero-order chi connectivity index (χ0) is 25.4. The lowest BCUT2D eigenvalue weighted by molar-refractivity contribution is 0.0641. The van der Waals surface area contributed by atoms with Gasteiger partial charge in [0.2, 0.25) is 0 Å². The maximum atomic E-state index is 12.6. The highest BCUT2D eigenvalue weighted by atomic mass is 16.2. The first kappa shape index (κ1) is 23.0. The van der Waals surface area contributed by atoms with E-state index in [2.05, 4.69) is 20.4 Å². The minimum Gasteiger partial charge on any atom is -0.329 e. The van der Waals surface area contributed by atoms with E-state index in [-0.39, 0.29) is 18.4 Å². The summed E-state index contributed by atoms with van der Waals surface area (Å²) in [6.45, 7) is 4.82. The van der Waals surface area contributed by atoms with Crippen LogP contribution < -0.4 is 10.9 Å². The van der Waals surface area contributed by atoms with E-state index in [1.807, 2.05) is 19.9 Å². The van der Waals surface area contributed by atoms with Crippen LogP contribution in [0.2, 0.25) is 0 Å². The van der Waals surface area contributed by atoms with Gasteiger partial charge in [-0.1, -0.05) is 24.3 Å². The van der Waals surface area contributed by atoms with Gasteiger partial charge in [0.15, 0.2) is 0 Å². The number of hydrogen-bond donors (Lipinski definition) is 2. The number of aryl methyl sites for hydroxylation is 2. The third-order valence-corrected chi connectivity index (χ3v) is 6.24. The molecule has 3 aromatic carbocycles. The van der Waals surface area contributed by atoms with Crippen LogP contribution in [0.15, 0.2) is 66.7 Å². The lowest BCUT2D eigenvalue weighted by Gasteiger charge is -2.14. The summed E-state index contributed by atoms with van der Waals surface area (Å²) in [5, 5.41) is 0. The third-order valence-electron chi connectivity index (χ3n) is 6.24. The van der Waals surface area contributed by atoms with Gasteiger partial charge < -0.3 is 4.57 Å². The fourth-order valence-electron chi connectivity index (χ4n) is 4.38. The van der Waals surface area contributed by atoms with E-state index in [0.29, 0.717) is 33.3 Å². The Labute approximate surface area is 206 Å². The summed E-state index contributed by atoms with van der Waals surface area (Å²) < 4.78 is 2.05. The number of carbonyl (C=O) groups is 4. The highest BCUT2D eigenvalue weighted by Gasteiger charge is 2.34. The summed E-state index contributed by atoms with van der Waals surface area (Å²) in [6, 6.07) is 18.4. The maximum Gasteiger partial charge on any atom is 0.269 e. The molecule has 4 amide bonds. The number of imide groups is 1. The van der Waals surface area contributed by atoms with Crippen LogP contribution in [-0.2, 0) is 13.1 Å². The van der Waals surface area contributed by atoms with Gasteiger partial charge in [0.25, 0.3) is 23.6 Å². The molecule has 4 aromatic rings. The van der Waals surface area contributed by atoms with Gasteiger partial charge in [0.1, 0.15) is 5.82 Å². The molecule has 180 valence electrons. The summed E-state index contributed by atoms with van der Waals surface area (Å²) in [5.41, 5.74) is 8.65. The van der Waals surface area contributed by atoms with Crippen LogP contribution in [-0.4, -0.2) is 38.1 Å². The highest BCUT2D eigenvalue weighted by Crippen LogP contribution is 2.24. The minimum absolute atomic E-state index is 0.0979. The van der Waals surface area contributed by atoms with Crippen molar-refractivity contribution < 1.29 is 19.2 Å². The molecule has 0 spiro atoms. The molecule has 0 radical (unpaired) electrons. The fraction of sp³-hybridized carbons (Fsp3) is 0.148. The van der Waals surface area contributed by atoms with Crippen LogP contribution in [0.4, 0.5) is 0 Å². The highest BCUT2D eigenvalue weighted by molar-refractivity contribution is 6.21. The van der Waals surface area contributed by atoms with Gasteiger partial charge in [-0.25, -0.2) is 4.98 Å². The van der Waals surface area contributed by atoms with Gasteiger partial charge in [0, 0.05) is 17.7 Å². The number of hydrazine groups is 1. The summed E-state index contributed by atoms with van der Waals surface area (Å²) in [7, 11) is 0. The molecule has 1 aliphatic heterocycles. The third kappa shape index (κ3) is 4.00. The molecule has 0 fully saturated rings. The second-order valence-corrected chi connectivity index (χ2v) is 8.45. The minimum atomic E-state index is -0.497. The predicted octanol–water partition coefficient (Wildman–Crippen LogP) is 3.24. The number of aromatic nitrogens is 2. The number of nitrogens with zero attached hydrogens (tertiary/aromatic N) is 3. The van der Waals surface area contributed by atoms with Crippen molar-refractivity contribution in [3.63, 3.8) is 0 Å². The van der Waals surface area contributed by atoms with E-state index < -0.39 is 11.8 Å². The number of rotatable bonds is 5. The van der Waals surface area contributed by atoms with E-state index in [1.165, 1.54) is 4.90 Å². The molecule has 0 bridgehead atoms. The van der Waals surface area contributed by atoms with Crippen LogP contribution in [0, 0.1) is 6.92 Å². The van der Waals surface area contributed by atoms with Crippen molar-refractivity contribution in [3.8, 4) is 0 Å². The molecule has 0 atom stereocenters. The Kier molecular flexibility index (Phi) is 5.81. The van der Waals surface area contributed by atoms with Gasteiger partial charge in [-0.05, 0) is 61.9 Å². The molecule has 9 heteroatoms. The van der Waals surface area contributed by atoms with Gasteiger partial charge in [0.05, 0.1) is 28.7 Å². The van der Waals surface area contributed by atoms with Crippen molar-refractivity contribution in [1.82, 2.24) is 25.3 Å². The molecule has 0 aliphatic carbocycles. The summed E-state index contributed by atoms with van der Waals surface area (Å²) in [6.07, 6.45) is 0. The summed E-state index contributed by atoms with van der Waals surface area (Å²) in [5.74, 6) is -0.770. The Morgan fingerprint density at radius 3 is 2.03 bits per heavy atom. The zero-order valence-corrected chi connectivity index (χ0v) is 19.7. The fourth-order valence-corrected chi connectivity index (χ4v) is 4.38. The Hall–Kier alpha value is -4.79. The molecule has 5 rings (SSSR count). The molecular weight excluding hydrogens is 458 g/mol. The van der Waals surface area contributed by atoms with E-state index in [1.54, 1.807) is 60.7 Å². The molecular formula is C27H23N5O4. The molecule has 9 nitrogen and oxygen atoms in total. The van der Waals surface area contributed by atoms with Gasteiger partial charge in [-0.15, -0.1) is 0 Å². The first-order chi connectivity index (χ1) is 17.4. The SMILES string of the molecule is CCn1c(C)nc2cc(C(=O)NNC(=O)c3ccc(CN4C(=O)c5ccccc5C4=O)cc3)ccc21. The Morgan fingerprint density at radius 2 is 1.42 bits per heavy atom. The summed E-state index contributed by atoms with van der Waals surface area (Å²) >= 11 is 0. The average Bonchev–Trinajstić information content (AvgIpc) is 3.35. The number of carbonyl (C=O) groups excluding carboxylic acids is 4. The quantitative estimate of drug-likeness (QED) is 0.336. The molecule has 2 heterocycles. The number of fused-ring (bicyclic) bond motifs is 2. The van der Waals surface area contributed by atoms with Crippen LogP contribution in [0.1, 0.15) is 59.7 Å². The number of amides is 4. The van der Waals surface area contributed by atoms with Crippen molar-refractivity contribution in [2.45, 2.75) is 26.9 Å². The maximum absolute atomic E-state index is 12.6. The van der Waals surface area contributed by atoms with Crippen LogP contribution >= 0.6 is 0 Å². The van der Waals surface area contributed by atoms with E-state index in [9.17, 15) is 19.2 Å². The van der Waals surface area contributed by atoms with Crippen molar-refractivity contribution in [2.24, 2.45) is 0 Å². The van der Waals surface area contributed by atoms with Crippen LogP contribution in [0.3, 0.4) is 0 Å². The standard InChI is InChI=1S/C27H23N5O4/c1-3-31-16(2)28-22-14-19(12-13-23(22)31)25(34)30-29-24(33)18-10-8-17(9-11-18)15-32-26(35)20-6-4-5-7-21(20)27(32)36/h4-14H,3,15H2,1-2H3,(H,29,33)(H,30,34). The molecule has 0 saturated carbocycles. The number of nitrogens with one attached hydrogen (secondary N) is 2. The van der Waals surface area contributed by atoms with Crippen LogP contribution in [0.5, 0.6) is 0 Å². The number of benzene rings is 3. The van der Waals surface area contributed by atoms with Gasteiger partial charge in [-0.2, -0.15) is 0 Å². The molecule has 1 aromatic heterocycles. The Balaban J connectivity index is 1.21. The largest absolute Gasteiger partial charge is 0.329 e. The Morgan fingerprint density at radius 1 is 0.833 bits per heavy atom. The van der Waals surface area contributed by atoms with Gasteiger partial charge >= 0.3 is 0 Å². The van der Waals surface area contributed by atoms with Crippen molar-refractivity contribution in [1.29, 1.82) is 0 Å². The van der Waals surface area contributed by atoms with Crippen molar-refractivity contribution in [2.75, 3.05) is 0 Å². The monoisotopic (exact) mass is 481 g/mol. The smallest absolute Gasteiger partial charge is 0.269 e. The average molecular weight is 482 g/mol. The number of hydrogen-bond acceptors (Lipinski definition) is 5. The lowest BCUT2D eigenvalue weighted by atomic mass is 10.1. The normalized spacial score (nSPS) is 12.7. The van der Waals surface area contributed by atoms with Gasteiger partial charge in [-0.3, -0.25) is 34.9 Å². The first-order valence-electron chi connectivity index (χ1n) is 11.5. The van der Waals surface area contributed by atoms with E-state index in [4.69, 9.17) is 0 Å².